The van der Waals surface area contributed by atoms with E-state index >= 15 is 0 Å². The summed E-state index contributed by atoms with van der Waals surface area (Å²) in [4.78, 5) is 28.9. The molecule has 3 aromatic rings. The second-order valence-corrected chi connectivity index (χ2v) is 9.77. The van der Waals surface area contributed by atoms with Crippen molar-refractivity contribution < 1.29 is 14.3 Å². The maximum Gasteiger partial charge on any atom is 0.238 e. The first kappa shape index (κ1) is 21.8. The largest absolute Gasteiger partial charge is 0.494 e. The minimum Gasteiger partial charge on any atom is -0.494 e. The zero-order valence-corrected chi connectivity index (χ0v) is 19.9. The summed E-state index contributed by atoms with van der Waals surface area (Å²) in [6.45, 7) is 2.80. The molecular weight excluding hydrogens is 434 g/mol. The fourth-order valence-corrected chi connectivity index (χ4v) is 6.37. The van der Waals surface area contributed by atoms with Gasteiger partial charge in [-0.3, -0.25) is 14.5 Å². The molecule has 0 N–H and O–H groups in total. The highest BCUT2D eigenvalue weighted by atomic mass is 16.5. The number of ether oxygens (including phenoxy) is 1. The highest BCUT2D eigenvalue weighted by Gasteiger charge is 2.64. The van der Waals surface area contributed by atoms with E-state index in [0.717, 1.165) is 36.1 Å². The summed E-state index contributed by atoms with van der Waals surface area (Å²) in [6, 6.07) is 28.1. The molecule has 1 saturated heterocycles. The Kier molecular flexibility index (Phi) is 5.52. The molecule has 4 atom stereocenters. The average Bonchev–Trinajstić information content (AvgIpc) is 3.55. The number of carbonyl (C=O) groups excluding carboxylic acids is 2. The molecule has 0 radical (unpaired) electrons. The molecule has 2 amide bonds. The van der Waals surface area contributed by atoms with Gasteiger partial charge in [-0.25, -0.2) is 0 Å². The van der Waals surface area contributed by atoms with Gasteiger partial charge in [-0.1, -0.05) is 74.0 Å². The number of fused-ring (bicyclic) bond motifs is 5. The lowest BCUT2D eigenvalue weighted by atomic mass is 9.73. The molecule has 1 saturated carbocycles. The smallest absolute Gasteiger partial charge is 0.238 e. The van der Waals surface area contributed by atoms with Crippen LogP contribution in [0.5, 0.6) is 5.75 Å². The van der Waals surface area contributed by atoms with Crippen molar-refractivity contribution >= 4 is 28.6 Å². The summed E-state index contributed by atoms with van der Waals surface area (Å²) in [5.41, 5.74) is 5.43. The normalized spacial score (nSPS) is 24.9. The van der Waals surface area contributed by atoms with Gasteiger partial charge in [0, 0.05) is 0 Å². The number of nitrogens with zero attached hydrogens (tertiary/aromatic N) is 1. The maximum absolute atomic E-state index is 13.8. The number of allylic oxidation sites excluding steroid dienone is 2. The molecule has 2 fully saturated rings. The zero-order chi connectivity index (χ0) is 23.9. The average molecular weight is 464 g/mol. The number of hydrogen-bond acceptors (Lipinski definition) is 3. The van der Waals surface area contributed by atoms with Crippen molar-refractivity contribution in [1.29, 1.82) is 0 Å². The Bertz CT molecular complexity index is 1210. The Hall–Kier alpha value is -3.66. The van der Waals surface area contributed by atoms with Crippen molar-refractivity contribution in [3.05, 3.63) is 96.1 Å². The monoisotopic (exact) mass is 463 g/mol. The number of benzene rings is 3. The van der Waals surface area contributed by atoms with Crippen LogP contribution < -0.4 is 9.64 Å². The first-order valence-electron chi connectivity index (χ1n) is 12.6. The third-order valence-corrected chi connectivity index (χ3v) is 7.84. The van der Waals surface area contributed by atoms with Crippen LogP contribution in [0.1, 0.15) is 37.3 Å². The molecule has 0 spiro atoms. The van der Waals surface area contributed by atoms with Gasteiger partial charge >= 0.3 is 0 Å². The van der Waals surface area contributed by atoms with Crippen molar-refractivity contribution in [1.82, 2.24) is 0 Å². The number of carbonyl (C=O) groups is 2. The second-order valence-electron chi connectivity index (χ2n) is 9.77. The van der Waals surface area contributed by atoms with E-state index in [1.165, 1.54) is 16.0 Å². The standard InChI is InChI=1S/C31H29NO3/c1-2-3-18-35-23-16-14-22(15-17-23)32-30(33)28-24-19-25(29(28)31(32)34)27(21-12-8-5-9-13-21)26(24)20-10-6-4-7-11-20/h4-17,24-25,28-29H,2-3,18-19H2,1H3. The van der Waals surface area contributed by atoms with Crippen molar-refractivity contribution in [3.63, 3.8) is 0 Å². The molecule has 35 heavy (non-hydrogen) atoms. The quantitative estimate of drug-likeness (QED) is 0.308. The maximum atomic E-state index is 13.8. The van der Waals surface area contributed by atoms with Crippen LogP contribution >= 0.6 is 0 Å². The van der Waals surface area contributed by atoms with Crippen LogP contribution in [-0.4, -0.2) is 18.4 Å². The number of hydrogen-bond donors (Lipinski definition) is 0. The number of unbranched alkanes of at least 4 members (excludes halogenated alkanes) is 1. The van der Waals surface area contributed by atoms with Crippen LogP contribution in [0.15, 0.2) is 84.9 Å². The first-order valence-corrected chi connectivity index (χ1v) is 12.6. The highest BCUT2D eigenvalue weighted by molar-refractivity contribution is 6.24. The Labute approximate surface area is 206 Å². The van der Waals surface area contributed by atoms with Crippen molar-refractivity contribution in [2.45, 2.75) is 26.2 Å². The van der Waals surface area contributed by atoms with Gasteiger partial charge in [0.1, 0.15) is 5.75 Å². The molecule has 4 nitrogen and oxygen atoms in total. The van der Waals surface area contributed by atoms with Crippen LogP contribution in [0.2, 0.25) is 0 Å². The van der Waals surface area contributed by atoms with Crippen molar-refractivity contribution in [2.24, 2.45) is 23.7 Å². The Morgan fingerprint density at radius 1 is 0.743 bits per heavy atom. The van der Waals surface area contributed by atoms with E-state index in [4.69, 9.17) is 4.74 Å². The van der Waals surface area contributed by atoms with Crippen LogP contribution in [0.4, 0.5) is 5.69 Å². The first-order chi connectivity index (χ1) is 17.2. The molecule has 176 valence electrons. The van der Waals surface area contributed by atoms with E-state index < -0.39 is 0 Å². The summed E-state index contributed by atoms with van der Waals surface area (Å²) in [5, 5.41) is 0. The van der Waals surface area contributed by atoms with Crippen LogP contribution in [0, 0.1) is 23.7 Å². The Balaban J connectivity index is 1.35. The second kappa shape index (κ2) is 8.84. The molecule has 4 unspecified atom stereocenters. The SMILES string of the molecule is CCCCOc1ccc(N2C(=O)C3C4CC(C(c5ccccc5)=C4c4ccccc4)C3C2=O)cc1. The zero-order valence-electron chi connectivity index (χ0n) is 19.9. The Morgan fingerprint density at radius 3 is 1.74 bits per heavy atom. The minimum absolute atomic E-state index is 0.0562. The molecule has 4 heteroatoms. The van der Waals surface area contributed by atoms with Crippen LogP contribution in [0.25, 0.3) is 11.1 Å². The third-order valence-electron chi connectivity index (χ3n) is 7.84. The van der Waals surface area contributed by atoms with E-state index in [1.807, 2.05) is 60.7 Å². The van der Waals surface area contributed by atoms with Gasteiger partial charge in [-0.2, -0.15) is 0 Å². The van der Waals surface area contributed by atoms with Crippen molar-refractivity contribution in [3.8, 4) is 5.75 Å². The van der Waals surface area contributed by atoms with Crippen LogP contribution in [0.3, 0.4) is 0 Å². The Morgan fingerprint density at radius 2 is 1.26 bits per heavy atom. The lowest BCUT2D eigenvalue weighted by Crippen LogP contribution is -2.32. The van der Waals surface area contributed by atoms with Gasteiger partial charge in [0.25, 0.3) is 0 Å². The summed E-state index contributed by atoms with van der Waals surface area (Å²) in [5.74, 6) is 0.161. The van der Waals surface area contributed by atoms with E-state index in [1.54, 1.807) is 0 Å². The predicted molar refractivity (Wildman–Crippen MR) is 138 cm³/mol. The summed E-state index contributed by atoms with van der Waals surface area (Å²) >= 11 is 0. The molecular formula is C31H29NO3. The van der Waals surface area contributed by atoms with Gasteiger partial charge in [0.15, 0.2) is 0 Å². The van der Waals surface area contributed by atoms with E-state index in [0.29, 0.717) is 12.3 Å². The molecule has 0 aromatic heterocycles. The van der Waals surface area contributed by atoms with E-state index in [9.17, 15) is 9.59 Å². The third kappa shape index (κ3) is 3.51. The van der Waals surface area contributed by atoms with Gasteiger partial charge in [-0.15, -0.1) is 0 Å². The van der Waals surface area contributed by atoms with E-state index in [-0.39, 0.29) is 35.5 Å². The lowest BCUT2D eigenvalue weighted by Gasteiger charge is -2.27. The molecule has 2 bridgehead atoms. The number of anilines is 1. The van der Waals surface area contributed by atoms with Gasteiger partial charge < -0.3 is 4.74 Å². The summed E-state index contributed by atoms with van der Waals surface area (Å²) < 4.78 is 5.77. The molecule has 6 rings (SSSR count). The predicted octanol–water partition coefficient (Wildman–Crippen LogP) is 6.23. The number of rotatable bonds is 7. The topological polar surface area (TPSA) is 46.6 Å². The molecule has 1 aliphatic heterocycles. The molecule has 2 aliphatic carbocycles. The fraction of sp³-hybridized carbons (Fsp3) is 0.290. The lowest BCUT2D eigenvalue weighted by molar-refractivity contribution is -0.123. The van der Waals surface area contributed by atoms with Gasteiger partial charge in [0.05, 0.1) is 24.1 Å². The van der Waals surface area contributed by atoms with Crippen LogP contribution in [-0.2, 0) is 9.59 Å². The van der Waals surface area contributed by atoms with E-state index in [2.05, 4.69) is 31.2 Å². The fourth-order valence-electron chi connectivity index (χ4n) is 6.37. The van der Waals surface area contributed by atoms with Crippen molar-refractivity contribution in [2.75, 3.05) is 11.5 Å². The summed E-state index contributed by atoms with van der Waals surface area (Å²) in [6.07, 6.45) is 2.93. The highest BCUT2D eigenvalue weighted by Crippen LogP contribution is 2.63. The molecule has 3 aliphatic rings. The van der Waals surface area contributed by atoms with Gasteiger partial charge in [-0.05, 0) is 71.2 Å². The molecule has 1 heterocycles. The van der Waals surface area contributed by atoms with Gasteiger partial charge in [0.2, 0.25) is 11.8 Å². The summed E-state index contributed by atoms with van der Waals surface area (Å²) in [7, 11) is 0. The minimum atomic E-state index is -0.296. The number of amides is 2. The molecule has 3 aromatic carbocycles. The number of imide groups is 1.